The van der Waals surface area contributed by atoms with Gasteiger partial charge in [0.1, 0.15) is 5.78 Å². The third-order valence-electron chi connectivity index (χ3n) is 3.01. The third kappa shape index (κ3) is 6.22. The molecule has 0 aliphatic rings. The summed E-state index contributed by atoms with van der Waals surface area (Å²) in [5, 5.41) is 0. The van der Waals surface area contributed by atoms with E-state index in [0.717, 1.165) is 32.4 Å². The Bertz CT molecular complexity index is 321. The summed E-state index contributed by atoms with van der Waals surface area (Å²) in [5.74, 6) is 0.376. The normalized spacial score (nSPS) is 10.8. The van der Waals surface area contributed by atoms with Crippen LogP contribution in [-0.4, -0.2) is 30.8 Å². The summed E-state index contributed by atoms with van der Waals surface area (Å²) in [6.07, 6.45) is 3.47. The van der Waals surface area contributed by atoms with Gasteiger partial charge in [-0.25, -0.2) is 0 Å². The number of likely N-dealkylation sites (N-methyl/N-ethyl adjacent to an activating group) is 1. The zero-order valence-electron chi connectivity index (χ0n) is 11.0. The van der Waals surface area contributed by atoms with Crippen LogP contribution in [0.2, 0.25) is 0 Å². The maximum absolute atomic E-state index is 11.2. The van der Waals surface area contributed by atoms with Crippen LogP contribution in [0, 0.1) is 0 Å². The molecule has 0 amide bonds. The van der Waals surface area contributed by atoms with Crippen molar-refractivity contribution < 1.29 is 4.79 Å². The molecular weight excluding hydrogens is 210 g/mol. The molecule has 2 heteroatoms. The zero-order chi connectivity index (χ0) is 12.5. The van der Waals surface area contributed by atoms with E-state index in [-0.39, 0.29) is 0 Å². The van der Waals surface area contributed by atoms with Crippen LogP contribution in [0.3, 0.4) is 0 Å². The molecule has 0 radical (unpaired) electrons. The number of ketones is 1. The van der Waals surface area contributed by atoms with Crippen molar-refractivity contribution in [3.63, 3.8) is 0 Å². The first-order chi connectivity index (χ1) is 8.22. The zero-order valence-corrected chi connectivity index (χ0v) is 11.0. The first kappa shape index (κ1) is 13.9. The molecule has 1 rings (SSSR count). The standard InChI is InChI=1S/C15H23NO/c1-3-15(17)10-7-12-16(2)13-11-14-8-5-4-6-9-14/h4-6,8-9H,3,7,10-13H2,1-2H3. The highest BCUT2D eigenvalue weighted by Crippen LogP contribution is 2.02. The van der Waals surface area contributed by atoms with Crippen molar-refractivity contribution in [3.8, 4) is 0 Å². The van der Waals surface area contributed by atoms with E-state index >= 15 is 0 Å². The summed E-state index contributed by atoms with van der Waals surface area (Å²) in [5.41, 5.74) is 1.38. The molecule has 17 heavy (non-hydrogen) atoms. The van der Waals surface area contributed by atoms with Gasteiger partial charge in [-0.3, -0.25) is 4.79 Å². The molecule has 2 nitrogen and oxygen atoms in total. The van der Waals surface area contributed by atoms with E-state index in [1.807, 2.05) is 13.0 Å². The van der Waals surface area contributed by atoms with Crippen molar-refractivity contribution in [1.29, 1.82) is 0 Å². The van der Waals surface area contributed by atoms with Crippen LogP contribution >= 0.6 is 0 Å². The molecule has 0 atom stereocenters. The Balaban J connectivity index is 2.13. The monoisotopic (exact) mass is 233 g/mol. The Morgan fingerprint density at radius 3 is 2.53 bits per heavy atom. The molecule has 0 spiro atoms. The highest BCUT2D eigenvalue weighted by Gasteiger charge is 2.02. The molecule has 0 aliphatic heterocycles. The van der Waals surface area contributed by atoms with E-state index in [9.17, 15) is 4.79 Å². The largest absolute Gasteiger partial charge is 0.306 e. The minimum Gasteiger partial charge on any atom is -0.306 e. The second kappa shape index (κ2) is 8.02. The van der Waals surface area contributed by atoms with Crippen LogP contribution < -0.4 is 0 Å². The number of carbonyl (C=O) groups is 1. The maximum Gasteiger partial charge on any atom is 0.132 e. The van der Waals surface area contributed by atoms with E-state index in [2.05, 4.69) is 36.2 Å². The minimum absolute atomic E-state index is 0.376. The van der Waals surface area contributed by atoms with Gasteiger partial charge in [-0.05, 0) is 32.0 Å². The quantitative estimate of drug-likeness (QED) is 0.688. The van der Waals surface area contributed by atoms with Gasteiger partial charge in [-0.2, -0.15) is 0 Å². The first-order valence-electron chi connectivity index (χ1n) is 6.46. The lowest BCUT2D eigenvalue weighted by Crippen LogP contribution is -2.22. The molecule has 0 saturated carbocycles. The van der Waals surface area contributed by atoms with Crippen LogP contribution in [0.15, 0.2) is 30.3 Å². The molecule has 0 unspecified atom stereocenters. The van der Waals surface area contributed by atoms with Gasteiger partial charge < -0.3 is 4.90 Å². The Morgan fingerprint density at radius 2 is 1.88 bits per heavy atom. The van der Waals surface area contributed by atoms with Crippen LogP contribution in [0.25, 0.3) is 0 Å². The van der Waals surface area contributed by atoms with Gasteiger partial charge in [0.2, 0.25) is 0 Å². The summed E-state index contributed by atoms with van der Waals surface area (Å²) in [4.78, 5) is 13.5. The Labute approximate surface area is 105 Å². The highest BCUT2D eigenvalue weighted by molar-refractivity contribution is 5.77. The van der Waals surface area contributed by atoms with Gasteiger partial charge in [0.25, 0.3) is 0 Å². The van der Waals surface area contributed by atoms with Gasteiger partial charge in [-0.1, -0.05) is 37.3 Å². The highest BCUT2D eigenvalue weighted by atomic mass is 16.1. The van der Waals surface area contributed by atoms with Crippen LogP contribution in [0.5, 0.6) is 0 Å². The van der Waals surface area contributed by atoms with Gasteiger partial charge in [-0.15, -0.1) is 0 Å². The second-order valence-electron chi connectivity index (χ2n) is 4.53. The summed E-state index contributed by atoms with van der Waals surface area (Å²) in [7, 11) is 2.12. The number of Topliss-reactive ketones (excluding diaryl/α,β-unsaturated/α-hetero) is 1. The van der Waals surface area contributed by atoms with Crippen molar-refractivity contribution in [1.82, 2.24) is 4.90 Å². The van der Waals surface area contributed by atoms with Crippen molar-refractivity contribution in [2.45, 2.75) is 32.6 Å². The van der Waals surface area contributed by atoms with Gasteiger partial charge in [0, 0.05) is 19.4 Å². The summed E-state index contributed by atoms with van der Waals surface area (Å²) in [6.45, 7) is 4.00. The molecule has 0 fully saturated rings. The van der Waals surface area contributed by atoms with Gasteiger partial charge in [0.05, 0.1) is 0 Å². The fraction of sp³-hybridized carbons (Fsp3) is 0.533. The van der Waals surface area contributed by atoms with Crippen molar-refractivity contribution in [3.05, 3.63) is 35.9 Å². The number of benzene rings is 1. The number of hydrogen-bond donors (Lipinski definition) is 0. The number of carbonyl (C=O) groups excluding carboxylic acids is 1. The Hall–Kier alpha value is -1.15. The molecule has 1 aromatic rings. The fourth-order valence-electron chi connectivity index (χ4n) is 1.80. The van der Waals surface area contributed by atoms with Crippen molar-refractivity contribution >= 4 is 5.78 Å². The Kier molecular flexibility index (Phi) is 6.56. The third-order valence-corrected chi connectivity index (χ3v) is 3.01. The predicted molar refractivity (Wildman–Crippen MR) is 72.2 cm³/mol. The minimum atomic E-state index is 0.376. The summed E-state index contributed by atoms with van der Waals surface area (Å²) >= 11 is 0. The molecule has 0 heterocycles. The maximum atomic E-state index is 11.2. The van der Waals surface area contributed by atoms with Crippen LogP contribution in [-0.2, 0) is 11.2 Å². The molecule has 94 valence electrons. The number of rotatable bonds is 8. The average molecular weight is 233 g/mol. The molecule has 0 aliphatic carbocycles. The molecule has 0 saturated heterocycles. The molecule has 1 aromatic carbocycles. The Morgan fingerprint density at radius 1 is 1.18 bits per heavy atom. The number of nitrogens with zero attached hydrogens (tertiary/aromatic N) is 1. The SMILES string of the molecule is CCC(=O)CCCN(C)CCc1ccccc1. The topological polar surface area (TPSA) is 20.3 Å². The fourth-order valence-corrected chi connectivity index (χ4v) is 1.80. The first-order valence-corrected chi connectivity index (χ1v) is 6.46. The summed E-state index contributed by atoms with van der Waals surface area (Å²) < 4.78 is 0. The van der Waals surface area contributed by atoms with E-state index in [1.54, 1.807) is 0 Å². The molecule has 0 N–H and O–H groups in total. The molecule has 0 bridgehead atoms. The van der Waals surface area contributed by atoms with Gasteiger partial charge >= 0.3 is 0 Å². The van der Waals surface area contributed by atoms with Gasteiger partial charge in [0.15, 0.2) is 0 Å². The lowest BCUT2D eigenvalue weighted by molar-refractivity contribution is -0.118. The van der Waals surface area contributed by atoms with Crippen molar-refractivity contribution in [2.24, 2.45) is 0 Å². The molecular formula is C15H23NO. The summed E-state index contributed by atoms with van der Waals surface area (Å²) in [6, 6.07) is 10.5. The smallest absolute Gasteiger partial charge is 0.132 e. The van der Waals surface area contributed by atoms with Crippen molar-refractivity contribution in [2.75, 3.05) is 20.1 Å². The van der Waals surface area contributed by atoms with Crippen LogP contribution in [0.1, 0.15) is 31.7 Å². The lowest BCUT2D eigenvalue weighted by Gasteiger charge is -2.16. The predicted octanol–water partition coefficient (Wildman–Crippen LogP) is 2.92. The number of hydrogen-bond acceptors (Lipinski definition) is 2. The second-order valence-corrected chi connectivity index (χ2v) is 4.53. The van der Waals surface area contributed by atoms with E-state index in [0.29, 0.717) is 12.2 Å². The molecule has 0 aromatic heterocycles. The van der Waals surface area contributed by atoms with E-state index in [4.69, 9.17) is 0 Å². The van der Waals surface area contributed by atoms with Crippen LogP contribution in [0.4, 0.5) is 0 Å². The average Bonchev–Trinajstić information content (AvgIpc) is 2.37. The van der Waals surface area contributed by atoms with E-state index in [1.165, 1.54) is 5.56 Å². The lowest BCUT2D eigenvalue weighted by atomic mass is 10.1. The van der Waals surface area contributed by atoms with E-state index < -0.39 is 0 Å².